The van der Waals surface area contributed by atoms with Crippen LogP contribution in [0.25, 0.3) is 0 Å². The van der Waals surface area contributed by atoms with Crippen molar-refractivity contribution in [2.45, 2.75) is 38.7 Å². The van der Waals surface area contributed by atoms with Gasteiger partial charge in [0, 0.05) is 30.8 Å². The highest BCUT2D eigenvalue weighted by Gasteiger charge is 2.42. The van der Waals surface area contributed by atoms with Crippen molar-refractivity contribution in [1.29, 1.82) is 0 Å². The zero-order valence-corrected chi connectivity index (χ0v) is 10.9. The molecule has 98 valence electrons. The Bertz CT molecular complexity index is 423. The highest BCUT2D eigenvalue weighted by Crippen LogP contribution is 2.39. The smallest absolute Gasteiger partial charge is 0.132 e. The summed E-state index contributed by atoms with van der Waals surface area (Å²) in [4.78, 5) is 11.0. The van der Waals surface area contributed by atoms with Crippen LogP contribution < -0.4 is 4.90 Å². The molecule has 1 N–H and O–H groups in total. The lowest BCUT2D eigenvalue weighted by Gasteiger charge is -2.19. The topological polar surface area (TPSA) is 49.2 Å². The number of hydrogen-bond donors (Lipinski definition) is 1. The number of aryl methyl sites for hydroxylation is 1. The van der Waals surface area contributed by atoms with Gasteiger partial charge in [-0.1, -0.05) is 13.3 Å². The Balaban J connectivity index is 1.74. The number of nitrogens with zero attached hydrogens (tertiary/aromatic N) is 3. The number of anilines is 1. The molecule has 4 nitrogen and oxygen atoms in total. The SMILES string of the molecule is CCCc1cc(N2CC3CCC(O)C3C2)ncn1. The maximum Gasteiger partial charge on any atom is 0.132 e. The van der Waals surface area contributed by atoms with Gasteiger partial charge in [-0.25, -0.2) is 9.97 Å². The van der Waals surface area contributed by atoms with Gasteiger partial charge in [-0.3, -0.25) is 0 Å². The van der Waals surface area contributed by atoms with E-state index in [-0.39, 0.29) is 6.10 Å². The summed E-state index contributed by atoms with van der Waals surface area (Å²) in [5.41, 5.74) is 1.13. The third-order valence-electron chi connectivity index (χ3n) is 4.36. The summed E-state index contributed by atoms with van der Waals surface area (Å²) in [6.45, 7) is 4.16. The van der Waals surface area contributed by atoms with E-state index < -0.39 is 0 Å². The highest BCUT2D eigenvalue weighted by atomic mass is 16.3. The van der Waals surface area contributed by atoms with E-state index in [4.69, 9.17) is 0 Å². The van der Waals surface area contributed by atoms with E-state index in [0.717, 1.165) is 50.3 Å². The van der Waals surface area contributed by atoms with Gasteiger partial charge in [-0.15, -0.1) is 0 Å². The van der Waals surface area contributed by atoms with Crippen LogP contribution in [0.15, 0.2) is 12.4 Å². The largest absolute Gasteiger partial charge is 0.393 e. The Morgan fingerprint density at radius 1 is 1.33 bits per heavy atom. The van der Waals surface area contributed by atoms with E-state index in [0.29, 0.717) is 11.8 Å². The fraction of sp³-hybridized carbons (Fsp3) is 0.714. The molecule has 1 aromatic rings. The minimum absolute atomic E-state index is 0.100. The molecule has 1 saturated carbocycles. The summed E-state index contributed by atoms with van der Waals surface area (Å²) in [5, 5.41) is 9.94. The Labute approximate surface area is 108 Å². The van der Waals surface area contributed by atoms with Gasteiger partial charge < -0.3 is 10.0 Å². The molecule has 1 aromatic heterocycles. The van der Waals surface area contributed by atoms with Gasteiger partial charge in [-0.05, 0) is 25.2 Å². The van der Waals surface area contributed by atoms with Gasteiger partial charge >= 0.3 is 0 Å². The summed E-state index contributed by atoms with van der Waals surface area (Å²) in [6, 6.07) is 2.11. The Morgan fingerprint density at radius 2 is 2.22 bits per heavy atom. The number of hydrogen-bond acceptors (Lipinski definition) is 4. The number of aliphatic hydroxyl groups is 1. The van der Waals surface area contributed by atoms with Crippen molar-refractivity contribution in [2.75, 3.05) is 18.0 Å². The molecule has 0 spiro atoms. The van der Waals surface area contributed by atoms with E-state index >= 15 is 0 Å². The zero-order valence-electron chi connectivity index (χ0n) is 10.9. The molecule has 3 rings (SSSR count). The minimum atomic E-state index is -0.100. The molecule has 2 aliphatic rings. The minimum Gasteiger partial charge on any atom is -0.393 e. The van der Waals surface area contributed by atoms with Crippen LogP contribution in [0.2, 0.25) is 0 Å². The van der Waals surface area contributed by atoms with Crippen LogP contribution in [0.3, 0.4) is 0 Å². The lowest BCUT2D eigenvalue weighted by molar-refractivity contribution is 0.133. The summed E-state index contributed by atoms with van der Waals surface area (Å²) in [7, 11) is 0. The molecule has 2 heterocycles. The van der Waals surface area contributed by atoms with Crippen molar-refractivity contribution in [1.82, 2.24) is 9.97 Å². The molecular weight excluding hydrogens is 226 g/mol. The second-order valence-corrected chi connectivity index (χ2v) is 5.59. The predicted molar refractivity (Wildman–Crippen MR) is 70.5 cm³/mol. The van der Waals surface area contributed by atoms with Crippen molar-refractivity contribution in [3.8, 4) is 0 Å². The number of aliphatic hydroxyl groups excluding tert-OH is 1. The maximum atomic E-state index is 9.94. The second-order valence-electron chi connectivity index (χ2n) is 5.59. The number of fused-ring (bicyclic) bond motifs is 1. The summed E-state index contributed by atoms with van der Waals surface area (Å²) in [5.74, 6) is 2.15. The normalized spacial score (nSPS) is 30.8. The molecule has 1 aliphatic carbocycles. The quantitative estimate of drug-likeness (QED) is 0.882. The third kappa shape index (κ3) is 2.09. The van der Waals surface area contributed by atoms with Gasteiger partial charge in [0.25, 0.3) is 0 Å². The van der Waals surface area contributed by atoms with Gasteiger partial charge in [0.2, 0.25) is 0 Å². The Morgan fingerprint density at radius 3 is 3.00 bits per heavy atom. The number of rotatable bonds is 3. The first kappa shape index (κ1) is 11.9. The molecule has 0 amide bonds. The first-order valence-electron chi connectivity index (χ1n) is 7.02. The molecule has 2 fully saturated rings. The van der Waals surface area contributed by atoms with E-state index in [2.05, 4.69) is 27.9 Å². The van der Waals surface area contributed by atoms with Crippen molar-refractivity contribution in [3.05, 3.63) is 18.1 Å². The summed E-state index contributed by atoms with van der Waals surface area (Å²) in [6.07, 6.45) is 5.84. The molecule has 0 radical (unpaired) electrons. The lowest BCUT2D eigenvalue weighted by Crippen LogP contribution is -2.25. The number of aromatic nitrogens is 2. The Hall–Kier alpha value is -1.16. The molecule has 3 atom stereocenters. The molecule has 4 heteroatoms. The van der Waals surface area contributed by atoms with Gasteiger partial charge in [0.1, 0.15) is 12.1 Å². The lowest BCUT2D eigenvalue weighted by atomic mass is 10.00. The molecular formula is C14H21N3O. The monoisotopic (exact) mass is 247 g/mol. The Kier molecular flexibility index (Phi) is 3.20. The fourth-order valence-corrected chi connectivity index (χ4v) is 3.38. The van der Waals surface area contributed by atoms with E-state index in [1.807, 2.05) is 0 Å². The van der Waals surface area contributed by atoms with Crippen LogP contribution in [0.1, 0.15) is 31.9 Å². The first-order valence-corrected chi connectivity index (χ1v) is 7.02. The summed E-state index contributed by atoms with van der Waals surface area (Å²) < 4.78 is 0. The molecule has 0 aromatic carbocycles. The van der Waals surface area contributed by atoms with Crippen molar-refractivity contribution in [3.63, 3.8) is 0 Å². The molecule has 1 aliphatic heterocycles. The van der Waals surface area contributed by atoms with E-state index in [9.17, 15) is 5.11 Å². The second kappa shape index (κ2) is 4.84. The van der Waals surface area contributed by atoms with E-state index in [1.54, 1.807) is 6.33 Å². The summed E-state index contributed by atoms with van der Waals surface area (Å²) >= 11 is 0. The van der Waals surface area contributed by atoms with Gasteiger partial charge in [-0.2, -0.15) is 0 Å². The predicted octanol–water partition coefficient (Wildman–Crippen LogP) is 1.64. The molecule has 3 unspecified atom stereocenters. The van der Waals surface area contributed by atoms with Crippen molar-refractivity contribution in [2.24, 2.45) is 11.8 Å². The van der Waals surface area contributed by atoms with Crippen LogP contribution in [-0.2, 0) is 6.42 Å². The van der Waals surface area contributed by atoms with Gasteiger partial charge in [0.05, 0.1) is 6.10 Å². The van der Waals surface area contributed by atoms with Crippen molar-refractivity contribution >= 4 is 5.82 Å². The maximum absolute atomic E-state index is 9.94. The zero-order chi connectivity index (χ0) is 12.5. The van der Waals surface area contributed by atoms with Crippen LogP contribution in [0.5, 0.6) is 0 Å². The van der Waals surface area contributed by atoms with Crippen molar-refractivity contribution < 1.29 is 5.11 Å². The van der Waals surface area contributed by atoms with Crippen LogP contribution in [0, 0.1) is 11.8 Å². The average molecular weight is 247 g/mol. The van der Waals surface area contributed by atoms with Crippen LogP contribution in [-0.4, -0.2) is 34.3 Å². The standard InChI is InChI=1S/C14H21N3O/c1-2-3-11-6-14(16-9-15-11)17-7-10-4-5-13(18)12(10)8-17/h6,9-10,12-13,18H,2-5,7-8H2,1H3. The molecule has 18 heavy (non-hydrogen) atoms. The third-order valence-corrected chi connectivity index (χ3v) is 4.36. The molecule has 1 saturated heterocycles. The highest BCUT2D eigenvalue weighted by molar-refractivity contribution is 5.41. The van der Waals surface area contributed by atoms with Gasteiger partial charge in [0.15, 0.2) is 0 Å². The van der Waals surface area contributed by atoms with Crippen LogP contribution >= 0.6 is 0 Å². The van der Waals surface area contributed by atoms with E-state index in [1.165, 1.54) is 0 Å². The van der Waals surface area contributed by atoms with Crippen LogP contribution in [0.4, 0.5) is 5.82 Å². The average Bonchev–Trinajstić information content (AvgIpc) is 2.93. The molecule has 0 bridgehead atoms. The first-order chi connectivity index (χ1) is 8.78. The fourth-order valence-electron chi connectivity index (χ4n) is 3.38.